The maximum atomic E-state index is 5.92. The fraction of sp³-hybridized carbons (Fsp3) is 0.625. The molecule has 0 amide bonds. The number of rotatable bonds is 6. The van der Waals surface area contributed by atoms with Gasteiger partial charge in [0.1, 0.15) is 11.9 Å². The number of hydrogen-bond acceptors (Lipinski definition) is 3. The van der Waals surface area contributed by atoms with Gasteiger partial charge in [-0.25, -0.2) is 0 Å². The predicted octanol–water partition coefficient (Wildman–Crippen LogP) is 3.30. The zero-order valence-electron chi connectivity index (χ0n) is 11.7. The van der Waals surface area contributed by atoms with Gasteiger partial charge in [0.2, 0.25) is 0 Å². The summed E-state index contributed by atoms with van der Waals surface area (Å²) in [7, 11) is 0. The number of benzene rings is 1. The van der Waals surface area contributed by atoms with E-state index in [0.717, 1.165) is 36.3 Å². The lowest BCUT2D eigenvalue weighted by atomic mass is 10.1. The monoisotopic (exact) mass is 339 g/mol. The Morgan fingerprint density at radius 1 is 1.30 bits per heavy atom. The fourth-order valence-corrected chi connectivity index (χ4v) is 3.43. The van der Waals surface area contributed by atoms with Crippen LogP contribution in [0, 0.1) is 0 Å². The van der Waals surface area contributed by atoms with Gasteiger partial charge in [-0.15, -0.1) is 0 Å². The summed E-state index contributed by atoms with van der Waals surface area (Å²) in [6.07, 6.45) is 6.92. The molecule has 0 aromatic heterocycles. The third-order valence-electron chi connectivity index (χ3n) is 4.07. The molecule has 1 aliphatic heterocycles. The molecule has 0 bridgehead atoms. The normalized spacial score (nSPS) is 21.9. The van der Waals surface area contributed by atoms with E-state index in [9.17, 15) is 0 Å². The van der Waals surface area contributed by atoms with Crippen LogP contribution >= 0.6 is 15.9 Å². The van der Waals surface area contributed by atoms with Crippen molar-refractivity contribution in [2.45, 2.75) is 44.3 Å². The Morgan fingerprint density at radius 2 is 2.15 bits per heavy atom. The molecule has 1 fully saturated rings. The van der Waals surface area contributed by atoms with Crippen LogP contribution in [0.5, 0.6) is 5.75 Å². The molecule has 4 heteroatoms. The van der Waals surface area contributed by atoms with Gasteiger partial charge >= 0.3 is 0 Å². The zero-order valence-corrected chi connectivity index (χ0v) is 13.3. The third-order valence-corrected chi connectivity index (χ3v) is 4.56. The Labute approximate surface area is 129 Å². The van der Waals surface area contributed by atoms with Crippen LogP contribution in [0.4, 0.5) is 0 Å². The van der Waals surface area contributed by atoms with E-state index in [1.54, 1.807) is 0 Å². The molecule has 1 N–H and O–H groups in total. The van der Waals surface area contributed by atoms with Gasteiger partial charge in [0.25, 0.3) is 0 Å². The smallest absolute Gasteiger partial charge is 0.123 e. The topological polar surface area (TPSA) is 30.5 Å². The minimum atomic E-state index is 0.255. The first-order valence-corrected chi connectivity index (χ1v) is 8.38. The summed E-state index contributed by atoms with van der Waals surface area (Å²) < 4.78 is 12.9. The molecular formula is C16H22BrNO2. The molecule has 3 rings (SSSR count). The summed E-state index contributed by atoms with van der Waals surface area (Å²) in [4.78, 5) is 0. The molecule has 1 unspecified atom stereocenters. The van der Waals surface area contributed by atoms with Gasteiger partial charge in [0, 0.05) is 24.0 Å². The Kier molecular flexibility index (Phi) is 4.97. The number of nitrogens with one attached hydrogen (secondary N) is 1. The minimum Gasteiger partial charge on any atom is -0.488 e. The molecule has 3 nitrogen and oxygen atoms in total. The van der Waals surface area contributed by atoms with E-state index in [0.29, 0.717) is 6.10 Å². The summed E-state index contributed by atoms with van der Waals surface area (Å²) in [6.45, 7) is 2.62. The molecule has 0 spiro atoms. The van der Waals surface area contributed by atoms with Crippen LogP contribution in [0.25, 0.3) is 0 Å². The van der Waals surface area contributed by atoms with E-state index < -0.39 is 0 Å². The van der Waals surface area contributed by atoms with Gasteiger partial charge in [-0.1, -0.05) is 28.8 Å². The number of halogens is 1. The Balaban J connectivity index is 1.32. The van der Waals surface area contributed by atoms with E-state index in [-0.39, 0.29) is 6.10 Å². The van der Waals surface area contributed by atoms with E-state index in [2.05, 4.69) is 27.3 Å². The third kappa shape index (κ3) is 3.74. The first kappa shape index (κ1) is 14.4. The Hall–Kier alpha value is -0.580. The summed E-state index contributed by atoms with van der Waals surface area (Å²) in [5, 5.41) is 3.44. The van der Waals surface area contributed by atoms with E-state index in [1.807, 2.05) is 12.1 Å². The van der Waals surface area contributed by atoms with Crippen LogP contribution in [0.2, 0.25) is 0 Å². The van der Waals surface area contributed by atoms with Crippen LogP contribution in [0.15, 0.2) is 22.7 Å². The van der Waals surface area contributed by atoms with Crippen molar-refractivity contribution in [1.82, 2.24) is 5.32 Å². The summed E-state index contributed by atoms with van der Waals surface area (Å²) in [5.74, 6) is 1.03. The highest BCUT2D eigenvalue weighted by atomic mass is 79.9. The second-order valence-electron chi connectivity index (χ2n) is 5.68. The highest BCUT2D eigenvalue weighted by Gasteiger charge is 2.22. The van der Waals surface area contributed by atoms with Crippen molar-refractivity contribution in [3.63, 3.8) is 0 Å². The maximum Gasteiger partial charge on any atom is 0.123 e. The van der Waals surface area contributed by atoms with Crippen LogP contribution < -0.4 is 10.1 Å². The largest absolute Gasteiger partial charge is 0.488 e. The van der Waals surface area contributed by atoms with Crippen LogP contribution in [0.3, 0.4) is 0 Å². The number of ether oxygens (including phenoxy) is 2. The van der Waals surface area contributed by atoms with Gasteiger partial charge in [-0.05, 0) is 36.6 Å². The van der Waals surface area contributed by atoms with Gasteiger partial charge < -0.3 is 14.8 Å². The SMILES string of the molecule is Brc1ccc2c(c1)CC(CNCCOC1CCCC1)O2. The van der Waals surface area contributed by atoms with Crippen LogP contribution in [-0.4, -0.2) is 31.9 Å². The molecular weight excluding hydrogens is 318 g/mol. The summed E-state index contributed by atoms with van der Waals surface area (Å²) in [5.41, 5.74) is 1.30. The second kappa shape index (κ2) is 6.92. The molecule has 2 aliphatic rings. The van der Waals surface area contributed by atoms with Crippen molar-refractivity contribution in [2.75, 3.05) is 19.7 Å². The first-order valence-electron chi connectivity index (χ1n) is 7.58. The Bertz CT molecular complexity index is 446. The average molecular weight is 340 g/mol. The first-order chi connectivity index (χ1) is 9.81. The summed E-state index contributed by atoms with van der Waals surface area (Å²) in [6, 6.07) is 6.23. The lowest BCUT2D eigenvalue weighted by molar-refractivity contribution is 0.0593. The standard InChI is InChI=1S/C16H22BrNO2/c17-13-5-6-16-12(9-13)10-15(20-16)11-18-7-8-19-14-3-1-2-4-14/h5-6,9,14-15,18H,1-4,7-8,10-11H2. The predicted molar refractivity (Wildman–Crippen MR) is 83.3 cm³/mol. The lowest BCUT2D eigenvalue weighted by Gasteiger charge is -2.14. The number of hydrogen-bond donors (Lipinski definition) is 1. The molecule has 1 aromatic rings. The molecule has 1 saturated carbocycles. The molecule has 1 aliphatic carbocycles. The Morgan fingerprint density at radius 3 is 3.00 bits per heavy atom. The van der Waals surface area contributed by atoms with Gasteiger partial charge in [-0.3, -0.25) is 0 Å². The molecule has 1 heterocycles. The van der Waals surface area contributed by atoms with Crippen molar-refractivity contribution in [1.29, 1.82) is 0 Å². The number of fused-ring (bicyclic) bond motifs is 1. The van der Waals surface area contributed by atoms with Gasteiger partial charge in [0.15, 0.2) is 0 Å². The molecule has 20 heavy (non-hydrogen) atoms. The van der Waals surface area contributed by atoms with Crippen molar-refractivity contribution in [3.8, 4) is 5.75 Å². The van der Waals surface area contributed by atoms with E-state index in [4.69, 9.17) is 9.47 Å². The van der Waals surface area contributed by atoms with Crippen LogP contribution in [-0.2, 0) is 11.2 Å². The van der Waals surface area contributed by atoms with Gasteiger partial charge in [0.05, 0.1) is 12.7 Å². The molecule has 1 aromatic carbocycles. The maximum absolute atomic E-state index is 5.92. The zero-order chi connectivity index (χ0) is 13.8. The van der Waals surface area contributed by atoms with Crippen molar-refractivity contribution < 1.29 is 9.47 Å². The van der Waals surface area contributed by atoms with E-state index in [1.165, 1.54) is 31.2 Å². The molecule has 0 saturated heterocycles. The quantitative estimate of drug-likeness (QED) is 0.806. The van der Waals surface area contributed by atoms with E-state index >= 15 is 0 Å². The minimum absolute atomic E-state index is 0.255. The van der Waals surface area contributed by atoms with Crippen molar-refractivity contribution >= 4 is 15.9 Å². The van der Waals surface area contributed by atoms with Crippen molar-refractivity contribution in [3.05, 3.63) is 28.2 Å². The van der Waals surface area contributed by atoms with Crippen LogP contribution in [0.1, 0.15) is 31.2 Å². The highest BCUT2D eigenvalue weighted by molar-refractivity contribution is 9.10. The van der Waals surface area contributed by atoms with Gasteiger partial charge in [-0.2, -0.15) is 0 Å². The molecule has 0 radical (unpaired) electrons. The summed E-state index contributed by atoms with van der Waals surface area (Å²) >= 11 is 3.50. The fourth-order valence-electron chi connectivity index (χ4n) is 3.02. The average Bonchev–Trinajstić information content (AvgIpc) is 3.06. The highest BCUT2D eigenvalue weighted by Crippen LogP contribution is 2.30. The lowest BCUT2D eigenvalue weighted by Crippen LogP contribution is -2.32. The second-order valence-corrected chi connectivity index (χ2v) is 6.59. The molecule has 1 atom stereocenters. The molecule has 110 valence electrons. The van der Waals surface area contributed by atoms with Crippen molar-refractivity contribution in [2.24, 2.45) is 0 Å².